The fourth-order valence-electron chi connectivity index (χ4n) is 15.0. The molecule has 9 rings (SSSR count). The molecule has 0 amide bonds. The molecular formula is C50H80O28. The first-order valence-electron chi connectivity index (χ1n) is 26.9. The Morgan fingerprint density at radius 2 is 0.910 bits per heavy atom. The van der Waals surface area contributed by atoms with E-state index >= 15 is 0 Å². The van der Waals surface area contributed by atoms with Gasteiger partial charge in [0, 0.05) is 0 Å². The number of aliphatic hydroxyl groups is 17. The van der Waals surface area contributed by atoms with Crippen LogP contribution in [0.15, 0.2) is 12.2 Å². The molecular weight excluding hydrogens is 1050 g/mol. The van der Waals surface area contributed by atoms with Gasteiger partial charge in [0.05, 0.1) is 44.1 Å². The van der Waals surface area contributed by atoms with Gasteiger partial charge < -0.3 is 134 Å². The lowest BCUT2D eigenvalue weighted by molar-refractivity contribution is -0.406. The molecule has 0 aromatic rings. The molecule has 1 spiro atoms. The largest absolute Gasteiger partial charge is 0.432 e. The summed E-state index contributed by atoms with van der Waals surface area (Å²) >= 11 is 0. The van der Waals surface area contributed by atoms with E-state index in [2.05, 4.69) is 13.5 Å². The van der Waals surface area contributed by atoms with Gasteiger partial charge in [-0.1, -0.05) is 19.9 Å². The van der Waals surface area contributed by atoms with Gasteiger partial charge >= 0.3 is 5.97 Å². The summed E-state index contributed by atoms with van der Waals surface area (Å²) in [5.41, 5.74) is -2.68. The molecule has 448 valence electrons. The Balaban J connectivity index is 1.00. The average molecular weight is 1130 g/mol. The summed E-state index contributed by atoms with van der Waals surface area (Å²) in [4.78, 5) is 14.4. The second kappa shape index (κ2) is 23.3. The zero-order valence-electron chi connectivity index (χ0n) is 43.3. The first-order valence-corrected chi connectivity index (χ1v) is 26.9. The molecule has 0 aromatic heterocycles. The summed E-state index contributed by atoms with van der Waals surface area (Å²) in [6.45, 7) is 4.23. The van der Waals surface area contributed by atoms with Gasteiger partial charge in [-0.25, -0.2) is 0 Å². The molecule has 17 N–H and O–H groups in total. The number of carbonyl (C=O) groups is 1. The minimum Gasteiger partial charge on any atom is -0.432 e. The Labute approximate surface area is 448 Å². The van der Waals surface area contributed by atoms with Crippen molar-refractivity contribution in [2.75, 3.05) is 33.0 Å². The van der Waals surface area contributed by atoms with Gasteiger partial charge in [0.15, 0.2) is 25.2 Å². The number of hydrogen-bond donors (Lipinski definition) is 17. The normalized spacial score (nSPS) is 54.5. The van der Waals surface area contributed by atoms with E-state index in [4.69, 9.17) is 47.4 Å². The maximum Gasteiger partial charge on any atom is 0.314 e. The molecule has 9 fully saturated rings. The van der Waals surface area contributed by atoms with E-state index in [1.807, 2.05) is 6.92 Å². The molecule has 4 aliphatic carbocycles. The van der Waals surface area contributed by atoms with Crippen molar-refractivity contribution in [2.24, 2.45) is 28.1 Å². The average Bonchev–Trinajstić information content (AvgIpc) is 3.69. The molecule has 78 heavy (non-hydrogen) atoms. The van der Waals surface area contributed by atoms with Crippen LogP contribution in [-0.2, 0) is 52.2 Å². The highest BCUT2D eigenvalue weighted by Gasteiger charge is 2.70. The van der Waals surface area contributed by atoms with Crippen molar-refractivity contribution in [3.05, 3.63) is 12.2 Å². The second-order valence-corrected chi connectivity index (χ2v) is 23.6. The first kappa shape index (κ1) is 60.8. The van der Waals surface area contributed by atoms with Crippen molar-refractivity contribution in [1.82, 2.24) is 0 Å². The first-order chi connectivity index (χ1) is 36.9. The van der Waals surface area contributed by atoms with E-state index in [9.17, 15) is 91.6 Å². The topological polar surface area (TPSA) is 453 Å². The van der Waals surface area contributed by atoms with Crippen molar-refractivity contribution in [2.45, 2.75) is 231 Å². The third-order valence-electron chi connectivity index (χ3n) is 19.2. The molecule has 31 atom stereocenters. The zero-order valence-corrected chi connectivity index (χ0v) is 43.3. The molecule has 28 heteroatoms. The van der Waals surface area contributed by atoms with Gasteiger partial charge in [-0.3, -0.25) is 4.79 Å². The second-order valence-electron chi connectivity index (χ2n) is 23.6. The molecule has 1 unspecified atom stereocenters. The Morgan fingerprint density at radius 3 is 1.44 bits per heavy atom. The predicted molar refractivity (Wildman–Crippen MR) is 252 cm³/mol. The van der Waals surface area contributed by atoms with E-state index in [0.29, 0.717) is 56.9 Å². The summed E-state index contributed by atoms with van der Waals surface area (Å²) in [5.74, 6) is -0.957. The van der Waals surface area contributed by atoms with Crippen molar-refractivity contribution in [3.8, 4) is 0 Å². The Hall–Kier alpha value is -1.83. The van der Waals surface area contributed by atoms with Crippen molar-refractivity contribution >= 4 is 5.97 Å². The number of ether oxygens (including phenoxy) is 10. The Morgan fingerprint density at radius 1 is 0.487 bits per heavy atom. The molecule has 4 saturated carbocycles. The van der Waals surface area contributed by atoms with Gasteiger partial charge in [-0.2, -0.15) is 0 Å². The number of aliphatic hydroxyl groups excluding tert-OH is 17. The lowest BCUT2D eigenvalue weighted by atomic mass is 9.41. The van der Waals surface area contributed by atoms with Gasteiger partial charge in [0.1, 0.15) is 122 Å². The molecule has 0 aromatic carbocycles. The number of hydrogen-bond acceptors (Lipinski definition) is 28. The Kier molecular flexibility index (Phi) is 18.2. The smallest absolute Gasteiger partial charge is 0.314 e. The van der Waals surface area contributed by atoms with Crippen LogP contribution in [0.4, 0.5) is 0 Å². The van der Waals surface area contributed by atoms with Crippen LogP contribution in [0.5, 0.6) is 0 Å². The minimum absolute atomic E-state index is 0.0405. The summed E-state index contributed by atoms with van der Waals surface area (Å²) < 4.78 is 60.2. The lowest BCUT2D eigenvalue weighted by Gasteiger charge is -2.64. The van der Waals surface area contributed by atoms with Crippen LogP contribution in [-0.4, -0.2) is 285 Å². The van der Waals surface area contributed by atoms with Crippen LogP contribution < -0.4 is 0 Å². The molecule has 2 bridgehead atoms. The fourth-order valence-corrected chi connectivity index (χ4v) is 15.0. The molecule has 5 heterocycles. The summed E-state index contributed by atoms with van der Waals surface area (Å²) in [5, 5.41) is 182. The summed E-state index contributed by atoms with van der Waals surface area (Å²) in [7, 11) is 0. The highest BCUT2D eigenvalue weighted by Crippen LogP contribution is 2.74. The third kappa shape index (κ3) is 10.3. The van der Waals surface area contributed by atoms with Gasteiger partial charge in [-0.05, 0) is 86.5 Å². The molecule has 5 aliphatic heterocycles. The van der Waals surface area contributed by atoms with Gasteiger partial charge in [-0.15, -0.1) is 0 Å². The molecule has 28 nitrogen and oxygen atoms in total. The van der Waals surface area contributed by atoms with E-state index in [-0.39, 0.29) is 11.8 Å². The zero-order chi connectivity index (χ0) is 56.7. The van der Waals surface area contributed by atoms with Crippen molar-refractivity contribution in [1.29, 1.82) is 0 Å². The van der Waals surface area contributed by atoms with E-state index < -0.39 is 214 Å². The predicted octanol–water partition coefficient (Wildman–Crippen LogP) is -7.29. The summed E-state index contributed by atoms with van der Waals surface area (Å²) in [6, 6.07) is 0. The maximum absolute atomic E-state index is 14.4. The summed E-state index contributed by atoms with van der Waals surface area (Å²) in [6.07, 6.45) is -40.7. The Bertz CT molecular complexity index is 2070. The number of esters is 1. The number of carbonyl (C=O) groups excluding carboxylic acids is 1. The highest BCUT2D eigenvalue weighted by atomic mass is 16.8. The van der Waals surface area contributed by atoms with E-state index in [0.717, 1.165) is 6.42 Å². The lowest BCUT2D eigenvalue weighted by Crippen LogP contribution is -2.68. The monoisotopic (exact) mass is 1130 g/mol. The van der Waals surface area contributed by atoms with Crippen LogP contribution in [0.3, 0.4) is 0 Å². The van der Waals surface area contributed by atoms with E-state index in [1.165, 1.54) is 0 Å². The number of fused-ring (bicyclic) bond motifs is 3. The number of rotatable bonds is 15. The van der Waals surface area contributed by atoms with Crippen LogP contribution in [0, 0.1) is 28.1 Å². The van der Waals surface area contributed by atoms with Gasteiger partial charge in [0.25, 0.3) is 0 Å². The highest BCUT2D eigenvalue weighted by molar-refractivity contribution is 5.77. The van der Waals surface area contributed by atoms with Crippen molar-refractivity contribution < 1.29 is 139 Å². The van der Waals surface area contributed by atoms with Crippen LogP contribution >= 0.6 is 0 Å². The fraction of sp³-hybridized carbons (Fsp3) is 0.940. The van der Waals surface area contributed by atoms with Crippen molar-refractivity contribution in [3.63, 3.8) is 0 Å². The minimum atomic E-state index is -2.14. The molecule has 5 saturated heterocycles. The van der Waals surface area contributed by atoms with Crippen LogP contribution in [0.2, 0.25) is 0 Å². The van der Waals surface area contributed by atoms with E-state index in [1.54, 1.807) is 0 Å². The van der Waals surface area contributed by atoms with Crippen LogP contribution in [0.25, 0.3) is 0 Å². The molecule has 0 radical (unpaired) electrons. The quantitative estimate of drug-likeness (QED) is 0.0411. The maximum atomic E-state index is 14.4. The van der Waals surface area contributed by atoms with Crippen LogP contribution in [0.1, 0.15) is 71.6 Å². The third-order valence-corrected chi connectivity index (χ3v) is 19.2. The SMILES string of the molecule is C=C1C[C@]23CC[C@H]4C(C)(C(=O)O[C@@H]5O[C@H](CO)[C@@H](O)[C@H](O)[C@H]5O)CCC[C@]4(C)[C@H]2CC[C@]1(O[C@@H]1O[C@H](CO)[C@@H](O)[C@H](O[C@@H]2O[C@H](CO)[C@@H](O)[C@H](O)[C@H]2O)[C@H]1O[C@@H]1O[C@H](CO)[C@@H](O)[C@H](O[C@@H]2O[C@H](CO)[C@@H](O)[C@H](O)[C@H]2O)[C@H]1O)C3. The van der Waals surface area contributed by atoms with Gasteiger partial charge in [0.2, 0.25) is 6.29 Å². The molecule has 9 aliphatic rings. The standard InChI is InChI=1S/C50H80O28/c1-18-11-49-9-5-24-47(2,7-4-8-48(24,3)46(68)77-43-36(66)33(63)28(58)21(14-53)71-43)25(49)6-10-50(18,17-49)78-45-40(39(30(60)23(16-55)73-45)75-42-35(65)32(62)27(57)20(13-52)70-42)76-44-37(67)38(29(59)22(15-54)72-44)74-41-34(64)31(61)26(56)19(12-51)69-41/h19-45,51-67H,1,4-17H2,2-3H3/t19-,20-,21-,22-,23-,24-,25-,26-,27-,28-,29-,30-,31+,32+,33+,34-,35-,36-,37-,38+,39+,40-,41+,42+,43+,44+,45+,47+,48?,49+,50+/m1/s1.